The highest BCUT2D eigenvalue weighted by Crippen LogP contribution is 2.18. The van der Waals surface area contributed by atoms with Gasteiger partial charge in [-0.2, -0.15) is 4.68 Å². The maximum atomic E-state index is 12.9. The molecule has 0 aliphatic rings. The summed E-state index contributed by atoms with van der Waals surface area (Å²) in [6.07, 6.45) is 2.56. The molecule has 23 heavy (non-hydrogen) atoms. The Kier molecular flexibility index (Phi) is 3.59. The van der Waals surface area contributed by atoms with Crippen LogP contribution in [0.3, 0.4) is 0 Å². The van der Waals surface area contributed by atoms with Crippen molar-refractivity contribution >= 4 is 18.2 Å². The summed E-state index contributed by atoms with van der Waals surface area (Å²) in [5.41, 5.74) is 0.435. The third-order valence-electron chi connectivity index (χ3n) is 2.83. The van der Waals surface area contributed by atoms with Crippen LogP contribution in [0.2, 0.25) is 0 Å². The van der Waals surface area contributed by atoms with Crippen LogP contribution in [0.4, 0.5) is 10.3 Å². The van der Waals surface area contributed by atoms with Gasteiger partial charge in [0.15, 0.2) is 0 Å². The molecule has 0 radical (unpaired) electrons. The van der Waals surface area contributed by atoms with Crippen LogP contribution in [0.5, 0.6) is 0 Å². The Hall–Kier alpha value is -3.49. The lowest BCUT2D eigenvalue weighted by Crippen LogP contribution is -2.08. The van der Waals surface area contributed by atoms with Gasteiger partial charge in [0.05, 0.1) is 6.07 Å². The molecule has 0 N–H and O–H groups in total. The molecule has 0 aliphatic heterocycles. The van der Waals surface area contributed by atoms with Gasteiger partial charge in [0.2, 0.25) is 5.89 Å². The topological polar surface area (TPSA) is 104 Å². The first-order valence-corrected chi connectivity index (χ1v) is 6.31. The number of hydrogen-bond acceptors (Lipinski definition) is 6. The molecular weight excluding hydrogens is 309 g/mol. The number of rotatable bonds is 4. The molecule has 8 nitrogen and oxygen atoms in total. The molecule has 2 aromatic heterocycles. The minimum atomic E-state index is -0.762. The fourth-order valence-electron chi connectivity index (χ4n) is 1.77. The monoisotopic (exact) mass is 317 g/mol. The normalized spacial score (nSPS) is 11.2. The Bertz CT molecular complexity index is 936. The quantitative estimate of drug-likeness (QED) is 0.541. The van der Waals surface area contributed by atoms with E-state index in [4.69, 9.17) is 8.83 Å². The Balaban J connectivity index is 1.86. The predicted molar refractivity (Wildman–Crippen MR) is 76.7 cm³/mol. The Morgan fingerprint density at radius 2 is 1.91 bits per heavy atom. The zero-order valence-electron chi connectivity index (χ0n) is 11.4. The van der Waals surface area contributed by atoms with E-state index in [2.05, 4.69) is 5.10 Å². The maximum Gasteiger partial charge on any atom is 0.441 e. The summed E-state index contributed by atoms with van der Waals surface area (Å²) in [5.74, 6) is -1.40. The second-order valence-corrected chi connectivity index (χ2v) is 4.37. The summed E-state index contributed by atoms with van der Waals surface area (Å²) in [5, 5.41) is 14.4. The second-order valence-electron chi connectivity index (χ2n) is 4.37. The largest absolute Gasteiger partial charge is 0.441 e. The first-order valence-electron chi connectivity index (χ1n) is 6.31. The first kappa shape index (κ1) is 14.4. The van der Waals surface area contributed by atoms with Crippen LogP contribution < -0.4 is 5.76 Å². The average molecular weight is 317 g/mol. The zero-order valence-corrected chi connectivity index (χ0v) is 11.4. The third kappa shape index (κ3) is 3.07. The first-order chi connectivity index (χ1) is 11.0. The van der Waals surface area contributed by atoms with Gasteiger partial charge >= 0.3 is 11.6 Å². The smallest absolute Gasteiger partial charge is 0.401 e. The molecule has 0 fully saturated rings. The van der Waals surface area contributed by atoms with E-state index in [9.17, 15) is 19.3 Å². The molecule has 0 bridgehead atoms. The van der Waals surface area contributed by atoms with Crippen LogP contribution >= 0.6 is 0 Å². The van der Waals surface area contributed by atoms with Crippen molar-refractivity contribution in [3.8, 4) is 11.5 Å². The molecule has 0 saturated carbocycles. The van der Waals surface area contributed by atoms with Crippen LogP contribution in [-0.2, 0) is 0 Å². The van der Waals surface area contributed by atoms with Crippen LogP contribution in [0.15, 0.2) is 50.0 Å². The van der Waals surface area contributed by atoms with E-state index in [0.717, 1.165) is 4.68 Å². The van der Waals surface area contributed by atoms with Gasteiger partial charge in [-0.3, -0.25) is 10.1 Å². The summed E-state index contributed by atoms with van der Waals surface area (Å²) in [4.78, 5) is 21.5. The van der Waals surface area contributed by atoms with Crippen molar-refractivity contribution in [3.63, 3.8) is 0 Å². The van der Waals surface area contributed by atoms with Crippen LogP contribution in [0, 0.1) is 15.9 Å². The van der Waals surface area contributed by atoms with E-state index in [1.807, 2.05) is 0 Å². The highest BCUT2D eigenvalue weighted by Gasteiger charge is 2.11. The van der Waals surface area contributed by atoms with Crippen molar-refractivity contribution < 1.29 is 18.1 Å². The molecule has 3 rings (SSSR count). The van der Waals surface area contributed by atoms with E-state index in [1.54, 1.807) is 0 Å². The lowest BCUT2D eigenvalue weighted by atomic mass is 10.2. The Morgan fingerprint density at radius 1 is 1.17 bits per heavy atom. The molecule has 116 valence electrons. The van der Waals surface area contributed by atoms with Gasteiger partial charge in [-0.05, 0) is 36.4 Å². The van der Waals surface area contributed by atoms with Gasteiger partial charge in [-0.1, -0.05) is 0 Å². The summed E-state index contributed by atoms with van der Waals surface area (Å²) in [6, 6.07) is 7.84. The lowest BCUT2D eigenvalue weighted by Gasteiger charge is -1.92. The standard InChI is InChI=1S/C14H8FN3O5/c15-10-3-1-9(2-4-10)13-16-17(14(19)23-13)8-7-11-5-6-12(22-11)18(20)21/h1-8H/b8-7+. The van der Waals surface area contributed by atoms with Crippen molar-refractivity contribution in [2.75, 3.05) is 0 Å². The van der Waals surface area contributed by atoms with Crippen LogP contribution in [-0.4, -0.2) is 14.7 Å². The fraction of sp³-hybridized carbons (Fsp3) is 0. The SMILES string of the molecule is O=c1oc(-c2ccc(F)cc2)nn1/C=C/c1ccc([N+](=O)[O-])o1. The minimum absolute atomic E-state index is 0.0186. The molecule has 0 spiro atoms. The minimum Gasteiger partial charge on any atom is -0.401 e. The molecule has 1 aromatic carbocycles. The molecule has 0 aliphatic carbocycles. The van der Waals surface area contributed by atoms with E-state index >= 15 is 0 Å². The number of nitro groups is 1. The van der Waals surface area contributed by atoms with Gasteiger partial charge in [0, 0.05) is 11.8 Å². The van der Waals surface area contributed by atoms with E-state index in [1.165, 1.54) is 48.7 Å². The van der Waals surface area contributed by atoms with Crippen molar-refractivity contribution in [2.45, 2.75) is 0 Å². The molecular formula is C14H8FN3O5. The van der Waals surface area contributed by atoms with Crippen molar-refractivity contribution in [1.82, 2.24) is 9.78 Å². The van der Waals surface area contributed by atoms with Gasteiger partial charge in [0.25, 0.3) is 0 Å². The summed E-state index contributed by atoms with van der Waals surface area (Å²) in [6.45, 7) is 0. The number of halogens is 1. The number of benzene rings is 1. The van der Waals surface area contributed by atoms with E-state index in [-0.39, 0.29) is 11.7 Å². The molecule has 3 aromatic rings. The number of hydrogen-bond donors (Lipinski definition) is 0. The summed E-state index contributed by atoms with van der Waals surface area (Å²) >= 11 is 0. The Morgan fingerprint density at radius 3 is 2.57 bits per heavy atom. The molecule has 0 unspecified atom stereocenters. The molecule has 0 atom stereocenters. The highest BCUT2D eigenvalue weighted by molar-refractivity contribution is 5.57. The number of aromatic nitrogens is 2. The van der Waals surface area contributed by atoms with Crippen molar-refractivity contribution in [2.24, 2.45) is 0 Å². The van der Waals surface area contributed by atoms with Crippen molar-refractivity contribution in [3.05, 3.63) is 68.6 Å². The zero-order chi connectivity index (χ0) is 16.4. The average Bonchev–Trinajstić information content (AvgIpc) is 3.13. The van der Waals surface area contributed by atoms with E-state index < -0.39 is 22.4 Å². The third-order valence-corrected chi connectivity index (χ3v) is 2.83. The Labute approximate surface area is 127 Å². The van der Waals surface area contributed by atoms with Gasteiger partial charge < -0.3 is 8.83 Å². The second kappa shape index (κ2) is 5.72. The highest BCUT2D eigenvalue weighted by atomic mass is 19.1. The lowest BCUT2D eigenvalue weighted by molar-refractivity contribution is -0.402. The maximum absolute atomic E-state index is 12.9. The van der Waals surface area contributed by atoms with Crippen LogP contribution in [0.1, 0.15) is 5.76 Å². The molecule has 0 saturated heterocycles. The predicted octanol–water partition coefficient (Wildman–Crippen LogP) is 2.77. The van der Waals surface area contributed by atoms with Gasteiger partial charge in [-0.25, -0.2) is 9.18 Å². The van der Waals surface area contributed by atoms with Gasteiger partial charge in [-0.15, -0.1) is 5.10 Å². The molecule has 2 heterocycles. The van der Waals surface area contributed by atoms with Gasteiger partial charge in [0.1, 0.15) is 16.5 Å². The van der Waals surface area contributed by atoms with Crippen LogP contribution in [0.25, 0.3) is 23.7 Å². The number of furan rings is 1. The van der Waals surface area contributed by atoms with E-state index in [0.29, 0.717) is 5.56 Å². The summed E-state index contributed by atoms with van der Waals surface area (Å²) in [7, 11) is 0. The number of nitrogens with zero attached hydrogens (tertiary/aromatic N) is 3. The fourth-order valence-corrected chi connectivity index (χ4v) is 1.77. The molecule has 9 heteroatoms. The molecule has 0 amide bonds. The summed E-state index contributed by atoms with van der Waals surface area (Å²) < 4.78 is 23.6. The van der Waals surface area contributed by atoms with Crippen molar-refractivity contribution in [1.29, 1.82) is 0 Å².